The van der Waals surface area contributed by atoms with Gasteiger partial charge < -0.3 is 23.7 Å². The average molecular weight is 761 g/mol. The van der Waals surface area contributed by atoms with E-state index in [0.717, 1.165) is 27.8 Å². The summed E-state index contributed by atoms with van der Waals surface area (Å²) in [6, 6.07) is 29.3. The minimum Gasteiger partial charge on any atom is -0.465 e. The molecule has 1 aliphatic heterocycles. The Balaban J connectivity index is 1.26. The van der Waals surface area contributed by atoms with E-state index in [1.807, 2.05) is 54.6 Å². The van der Waals surface area contributed by atoms with E-state index in [1.54, 1.807) is 38.1 Å². The van der Waals surface area contributed by atoms with E-state index in [1.165, 1.54) is 43.5 Å². The fourth-order valence-electron chi connectivity index (χ4n) is 7.35. The molecule has 0 atom stereocenters. The van der Waals surface area contributed by atoms with Crippen molar-refractivity contribution < 1.29 is 52.5 Å². The number of allylic oxidation sites excluding steroid dienone is 4. The first-order chi connectivity index (χ1) is 27.5. The molecule has 1 heterocycles. The topological polar surface area (TPSA) is 149 Å². The SMILES string of the molecule is C=C1Oc2cc(OC(=O)c3ccc(C(=O)OC)c(C=O)c3)ccc2C2(/C1=C/C=C(\C)OC(=O)c1ccc(C(=O)OC=O)c(C)c1)c1ccccc1-c1ccccc12. The number of fused-ring (bicyclic) bond motifs is 7. The number of rotatable bonds is 9. The molecule has 0 fully saturated rings. The number of aryl methyl sites for hydroxylation is 1. The van der Waals surface area contributed by atoms with Crippen molar-refractivity contribution in [2.75, 3.05) is 7.11 Å². The van der Waals surface area contributed by atoms with Gasteiger partial charge in [0.05, 0.1) is 34.8 Å². The molecular weight excluding hydrogens is 728 g/mol. The van der Waals surface area contributed by atoms with Crippen LogP contribution in [0.1, 0.15) is 81.0 Å². The third kappa shape index (κ3) is 6.61. The first kappa shape index (κ1) is 37.6. The second-order valence-corrected chi connectivity index (χ2v) is 13.1. The van der Waals surface area contributed by atoms with Crippen LogP contribution in [0.15, 0.2) is 139 Å². The number of methoxy groups -OCH3 is 1. The van der Waals surface area contributed by atoms with Gasteiger partial charge in [-0.05, 0) is 90.2 Å². The lowest BCUT2D eigenvalue weighted by molar-refractivity contribution is -0.123. The van der Waals surface area contributed by atoms with Gasteiger partial charge in [-0.1, -0.05) is 67.3 Å². The van der Waals surface area contributed by atoms with Crippen LogP contribution in [-0.4, -0.2) is 43.7 Å². The highest BCUT2D eigenvalue weighted by atomic mass is 16.6. The van der Waals surface area contributed by atoms with Crippen LogP contribution < -0.4 is 9.47 Å². The van der Waals surface area contributed by atoms with Crippen LogP contribution in [0.3, 0.4) is 0 Å². The highest BCUT2D eigenvalue weighted by Crippen LogP contribution is 2.61. The Kier molecular flexibility index (Phi) is 10.1. The number of esters is 4. The molecule has 0 unspecified atom stereocenters. The highest BCUT2D eigenvalue weighted by Gasteiger charge is 2.52. The second kappa shape index (κ2) is 15.2. The van der Waals surface area contributed by atoms with Crippen LogP contribution in [0.4, 0.5) is 0 Å². The molecule has 57 heavy (non-hydrogen) atoms. The second-order valence-electron chi connectivity index (χ2n) is 13.1. The Morgan fingerprint density at radius 3 is 2.00 bits per heavy atom. The van der Waals surface area contributed by atoms with Crippen molar-refractivity contribution in [1.29, 1.82) is 0 Å². The number of carbonyl (C=O) groups excluding carboxylic acids is 6. The van der Waals surface area contributed by atoms with Crippen LogP contribution in [0.25, 0.3) is 11.1 Å². The molecule has 282 valence electrons. The van der Waals surface area contributed by atoms with Crippen LogP contribution >= 0.6 is 0 Å². The van der Waals surface area contributed by atoms with Gasteiger partial charge in [-0.25, -0.2) is 19.2 Å². The monoisotopic (exact) mass is 760 g/mol. The molecular formula is C46H32O11. The van der Waals surface area contributed by atoms with Crippen LogP contribution in [0.2, 0.25) is 0 Å². The minimum atomic E-state index is -0.965. The van der Waals surface area contributed by atoms with Crippen molar-refractivity contribution in [1.82, 2.24) is 0 Å². The zero-order chi connectivity index (χ0) is 40.4. The first-order valence-corrected chi connectivity index (χ1v) is 17.5. The molecule has 2 aliphatic rings. The molecule has 0 amide bonds. The number of carbonyl (C=O) groups is 6. The molecule has 11 nitrogen and oxygen atoms in total. The summed E-state index contributed by atoms with van der Waals surface area (Å²) in [5.41, 5.74) is 5.11. The van der Waals surface area contributed by atoms with E-state index in [9.17, 15) is 28.8 Å². The maximum atomic E-state index is 13.3. The molecule has 0 bridgehead atoms. The first-order valence-electron chi connectivity index (χ1n) is 17.5. The van der Waals surface area contributed by atoms with E-state index in [0.29, 0.717) is 23.2 Å². The smallest absolute Gasteiger partial charge is 0.345 e. The number of hydrogen-bond acceptors (Lipinski definition) is 11. The summed E-state index contributed by atoms with van der Waals surface area (Å²) in [5.74, 6) is -1.90. The molecule has 0 saturated heterocycles. The lowest BCUT2D eigenvalue weighted by Gasteiger charge is -2.41. The molecule has 7 rings (SSSR count). The van der Waals surface area contributed by atoms with Crippen molar-refractivity contribution in [3.05, 3.63) is 189 Å². The van der Waals surface area contributed by atoms with Crippen LogP contribution in [0, 0.1) is 6.92 Å². The van der Waals surface area contributed by atoms with Crippen molar-refractivity contribution in [3.8, 4) is 22.6 Å². The summed E-state index contributed by atoms with van der Waals surface area (Å²) in [4.78, 5) is 72.9. The van der Waals surface area contributed by atoms with Crippen molar-refractivity contribution in [3.63, 3.8) is 0 Å². The van der Waals surface area contributed by atoms with Gasteiger partial charge in [0.15, 0.2) is 6.29 Å². The van der Waals surface area contributed by atoms with Crippen molar-refractivity contribution in [2.45, 2.75) is 19.3 Å². The largest absolute Gasteiger partial charge is 0.465 e. The van der Waals surface area contributed by atoms with Gasteiger partial charge in [0.25, 0.3) is 0 Å². The predicted octanol–water partition coefficient (Wildman–Crippen LogP) is 8.03. The highest BCUT2D eigenvalue weighted by molar-refractivity contribution is 6.01. The molecule has 5 aromatic rings. The number of hydrogen-bond donors (Lipinski definition) is 0. The van der Waals surface area contributed by atoms with Gasteiger partial charge in [0.2, 0.25) is 0 Å². The van der Waals surface area contributed by atoms with Crippen molar-refractivity contribution >= 4 is 36.6 Å². The Morgan fingerprint density at radius 2 is 1.37 bits per heavy atom. The fraction of sp³-hybridized carbons (Fsp3) is 0.0870. The maximum Gasteiger partial charge on any atom is 0.345 e. The molecule has 0 aromatic heterocycles. The lowest BCUT2D eigenvalue weighted by atomic mass is 9.65. The van der Waals surface area contributed by atoms with Crippen LogP contribution in [-0.2, 0) is 24.4 Å². The summed E-state index contributed by atoms with van der Waals surface area (Å²) in [5, 5.41) is 0. The fourth-order valence-corrected chi connectivity index (χ4v) is 7.35. The van der Waals surface area contributed by atoms with Gasteiger partial charge in [-0.15, -0.1) is 0 Å². The minimum absolute atomic E-state index is 0.0156. The molecule has 0 N–H and O–H groups in total. The molecule has 1 aliphatic carbocycles. The molecule has 5 aromatic carbocycles. The lowest BCUT2D eigenvalue weighted by Crippen LogP contribution is -2.35. The van der Waals surface area contributed by atoms with Gasteiger partial charge in [0.1, 0.15) is 23.0 Å². The molecule has 0 saturated carbocycles. The van der Waals surface area contributed by atoms with Gasteiger partial charge in [-0.2, -0.15) is 0 Å². The Morgan fingerprint density at radius 1 is 0.719 bits per heavy atom. The Hall–Kier alpha value is -7.66. The third-order valence-electron chi connectivity index (χ3n) is 9.85. The van der Waals surface area contributed by atoms with E-state index in [2.05, 4.69) is 11.3 Å². The van der Waals surface area contributed by atoms with E-state index in [4.69, 9.17) is 18.9 Å². The van der Waals surface area contributed by atoms with E-state index >= 15 is 0 Å². The number of benzene rings is 5. The quantitative estimate of drug-likeness (QED) is 0.0359. The van der Waals surface area contributed by atoms with Gasteiger partial charge >= 0.3 is 30.3 Å². The zero-order valence-electron chi connectivity index (χ0n) is 30.8. The van der Waals surface area contributed by atoms with Crippen molar-refractivity contribution in [2.24, 2.45) is 0 Å². The Bertz CT molecular complexity index is 2580. The van der Waals surface area contributed by atoms with Crippen LogP contribution in [0.5, 0.6) is 11.5 Å². The average Bonchev–Trinajstić information content (AvgIpc) is 3.50. The number of ether oxygens (including phenoxy) is 5. The predicted molar refractivity (Wildman–Crippen MR) is 206 cm³/mol. The summed E-state index contributed by atoms with van der Waals surface area (Å²) >= 11 is 0. The normalized spacial score (nSPS) is 14.1. The van der Waals surface area contributed by atoms with Gasteiger partial charge in [0, 0.05) is 22.8 Å². The van der Waals surface area contributed by atoms with Gasteiger partial charge in [-0.3, -0.25) is 9.59 Å². The van der Waals surface area contributed by atoms with E-state index in [-0.39, 0.29) is 51.6 Å². The summed E-state index contributed by atoms with van der Waals surface area (Å²) in [6.07, 6.45) is 3.91. The summed E-state index contributed by atoms with van der Waals surface area (Å²) < 4.78 is 27.0. The molecule has 0 radical (unpaired) electrons. The summed E-state index contributed by atoms with van der Waals surface area (Å²) in [6.45, 7) is 7.59. The molecule has 11 heteroatoms. The van der Waals surface area contributed by atoms with E-state index < -0.39 is 29.3 Å². The zero-order valence-corrected chi connectivity index (χ0v) is 30.8. The molecule has 1 spiro atoms. The maximum absolute atomic E-state index is 13.3. The number of aldehydes is 1. The summed E-state index contributed by atoms with van der Waals surface area (Å²) in [7, 11) is 1.19. The Labute approximate surface area is 326 Å². The third-order valence-corrected chi connectivity index (χ3v) is 9.85. The standard InChI is InChI=1S/C46H32O11/c1-26-21-29(14-17-33(26)45(52)54-25-48)42(49)55-27(2)13-19-37-28(3)56-41-23-32(57-43(50)30-15-18-34(44(51)53-4)31(22-30)24-47)16-20-40(41)46(37)38-11-7-5-9-35(38)36-10-6-8-12-39(36)46/h5-25H,3H2,1-2,4H3/b27-13+,37-19+.